The second-order valence-corrected chi connectivity index (χ2v) is 7.07. The van der Waals surface area contributed by atoms with Crippen molar-refractivity contribution in [2.75, 3.05) is 17.6 Å². The van der Waals surface area contributed by atoms with Gasteiger partial charge in [-0.05, 0) is 31.3 Å². The second kappa shape index (κ2) is 7.03. The summed E-state index contributed by atoms with van der Waals surface area (Å²) in [5.74, 6) is -2.04. The molecule has 0 unspecified atom stereocenters. The molecule has 0 amide bonds. The van der Waals surface area contributed by atoms with Crippen LogP contribution in [-0.2, 0) is 0 Å². The maximum absolute atomic E-state index is 14.1. The lowest BCUT2D eigenvalue weighted by Gasteiger charge is -2.27. The molecule has 1 heterocycles. The highest BCUT2D eigenvalue weighted by Gasteiger charge is 2.33. The number of thiocarbonyl (C=S) groups is 1. The summed E-state index contributed by atoms with van der Waals surface area (Å²) in [6.07, 6.45) is 0. The molecule has 24 heavy (non-hydrogen) atoms. The predicted octanol–water partition coefficient (Wildman–Crippen LogP) is 4.86. The normalized spacial score (nSPS) is 17.2. The molecule has 1 saturated heterocycles. The lowest BCUT2D eigenvalue weighted by atomic mass is 10.1. The molecule has 1 N–H and O–H groups in total. The number of rotatable bonds is 2. The SMILES string of the molecule is Cc1ccc(NC(=S)N2CCS[C@@H]2c2c(F)cc(F)cc2F)cc1. The van der Waals surface area contributed by atoms with Crippen LogP contribution >= 0.6 is 24.0 Å². The molecule has 0 aromatic heterocycles. The topological polar surface area (TPSA) is 15.3 Å². The highest BCUT2D eigenvalue weighted by Crippen LogP contribution is 2.40. The Morgan fingerprint density at radius 1 is 1.17 bits per heavy atom. The van der Waals surface area contributed by atoms with Crippen molar-refractivity contribution in [3.05, 3.63) is 65.0 Å². The van der Waals surface area contributed by atoms with E-state index in [1.54, 1.807) is 4.90 Å². The van der Waals surface area contributed by atoms with Crippen LogP contribution in [0.2, 0.25) is 0 Å². The summed E-state index contributed by atoms with van der Waals surface area (Å²) in [4.78, 5) is 1.72. The van der Waals surface area contributed by atoms with Crippen molar-refractivity contribution in [3.63, 3.8) is 0 Å². The number of nitrogens with one attached hydrogen (secondary N) is 1. The average Bonchev–Trinajstić information content (AvgIpc) is 2.98. The zero-order valence-corrected chi connectivity index (χ0v) is 14.5. The second-order valence-electron chi connectivity index (χ2n) is 5.50. The summed E-state index contributed by atoms with van der Waals surface area (Å²) in [6.45, 7) is 2.54. The molecule has 2 nitrogen and oxygen atoms in total. The molecule has 2 aromatic carbocycles. The highest BCUT2D eigenvalue weighted by molar-refractivity contribution is 7.99. The van der Waals surface area contributed by atoms with E-state index in [2.05, 4.69) is 5.32 Å². The van der Waals surface area contributed by atoms with Crippen LogP contribution in [0.1, 0.15) is 16.5 Å². The maximum atomic E-state index is 14.1. The maximum Gasteiger partial charge on any atom is 0.174 e. The summed E-state index contributed by atoms with van der Waals surface area (Å²) >= 11 is 6.78. The first-order chi connectivity index (χ1) is 11.5. The third-order valence-corrected chi connectivity index (χ3v) is 5.31. The van der Waals surface area contributed by atoms with E-state index in [9.17, 15) is 13.2 Å². The molecule has 3 rings (SSSR count). The van der Waals surface area contributed by atoms with Gasteiger partial charge in [0.15, 0.2) is 5.11 Å². The van der Waals surface area contributed by atoms with Gasteiger partial charge in [-0.3, -0.25) is 0 Å². The van der Waals surface area contributed by atoms with Crippen LogP contribution in [-0.4, -0.2) is 22.3 Å². The van der Waals surface area contributed by atoms with E-state index in [0.717, 1.165) is 11.3 Å². The Hall–Kier alpha value is -1.73. The van der Waals surface area contributed by atoms with Crippen molar-refractivity contribution in [1.82, 2.24) is 4.90 Å². The summed E-state index contributed by atoms with van der Waals surface area (Å²) in [7, 11) is 0. The van der Waals surface area contributed by atoms with Gasteiger partial charge in [-0.2, -0.15) is 0 Å². The lowest BCUT2D eigenvalue weighted by Crippen LogP contribution is -2.34. The van der Waals surface area contributed by atoms with Gasteiger partial charge < -0.3 is 10.2 Å². The van der Waals surface area contributed by atoms with Crippen LogP contribution in [0.15, 0.2) is 36.4 Å². The largest absolute Gasteiger partial charge is 0.333 e. The average molecular weight is 368 g/mol. The Kier molecular flexibility index (Phi) is 5.01. The van der Waals surface area contributed by atoms with Gasteiger partial charge in [0, 0.05) is 30.1 Å². The Morgan fingerprint density at radius 2 is 1.79 bits per heavy atom. The third kappa shape index (κ3) is 3.52. The fourth-order valence-corrected chi connectivity index (χ4v) is 4.23. The first kappa shape index (κ1) is 17.1. The van der Waals surface area contributed by atoms with E-state index < -0.39 is 22.8 Å². The Balaban J connectivity index is 1.83. The van der Waals surface area contributed by atoms with E-state index in [1.807, 2.05) is 31.2 Å². The van der Waals surface area contributed by atoms with E-state index in [1.165, 1.54) is 11.8 Å². The van der Waals surface area contributed by atoms with Crippen molar-refractivity contribution < 1.29 is 13.2 Å². The Bertz CT molecular complexity index is 742. The van der Waals surface area contributed by atoms with Gasteiger partial charge in [0.25, 0.3) is 0 Å². The fourth-order valence-electron chi connectivity index (χ4n) is 2.54. The minimum Gasteiger partial charge on any atom is -0.333 e. The smallest absolute Gasteiger partial charge is 0.174 e. The number of benzene rings is 2. The molecule has 2 aromatic rings. The molecule has 1 aliphatic heterocycles. The van der Waals surface area contributed by atoms with Gasteiger partial charge in [0.05, 0.1) is 5.56 Å². The minimum absolute atomic E-state index is 0.160. The molecule has 0 radical (unpaired) electrons. The number of nitrogens with zero attached hydrogens (tertiary/aromatic N) is 1. The Labute approximate surface area is 148 Å². The minimum atomic E-state index is -0.927. The molecule has 0 saturated carbocycles. The fraction of sp³-hybridized carbons (Fsp3) is 0.235. The standard InChI is InChI=1S/C17H15F3N2S2/c1-10-2-4-12(5-3-10)21-17(23)22-6-7-24-16(22)15-13(19)8-11(18)9-14(15)20/h2-5,8-9,16H,6-7H2,1H3,(H,21,23)/t16-/m1/s1. The molecule has 0 bridgehead atoms. The molecular formula is C17H15F3N2S2. The molecular weight excluding hydrogens is 353 g/mol. The quantitative estimate of drug-likeness (QED) is 0.762. The van der Waals surface area contributed by atoms with Gasteiger partial charge in [-0.25, -0.2) is 13.2 Å². The van der Waals surface area contributed by atoms with E-state index in [-0.39, 0.29) is 5.56 Å². The predicted molar refractivity (Wildman–Crippen MR) is 95.6 cm³/mol. The van der Waals surface area contributed by atoms with E-state index >= 15 is 0 Å². The van der Waals surface area contributed by atoms with Crippen molar-refractivity contribution >= 4 is 34.8 Å². The van der Waals surface area contributed by atoms with Crippen molar-refractivity contribution in [1.29, 1.82) is 0 Å². The zero-order valence-electron chi connectivity index (χ0n) is 12.9. The first-order valence-corrected chi connectivity index (χ1v) is 8.82. The summed E-state index contributed by atoms with van der Waals surface area (Å²) in [6, 6.07) is 9.07. The molecule has 0 aliphatic carbocycles. The van der Waals surface area contributed by atoms with Gasteiger partial charge in [0.1, 0.15) is 22.8 Å². The third-order valence-electron chi connectivity index (χ3n) is 3.75. The van der Waals surface area contributed by atoms with Crippen LogP contribution in [0.4, 0.5) is 18.9 Å². The number of halogens is 3. The van der Waals surface area contributed by atoms with Crippen molar-refractivity contribution in [2.45, 2.75) is 12.3 Å². The zero-order chi connectivity index (χ0) is 17.3. The summed E-state index contributed by atoms with van der Waals surface area (Å²) < 4.78 is 41.3. The van der Waals surface area contributed by atoms with Crippen molar-refractivity contribution in [2.24, 2.45) is 0 Å². The number of anilines is 1. The van der Waals surface area contributed by atoms with Crippen LogP contribution in [0, 0.1) is 24.4 Å². The summed E-state index contributed by atoms with van der Waals surface area (Å²) in [5, 5.41) is 2.86. The van der Waals surface area contributed by atoms with Crippen LogP contribution in [0.25, 0.3) is 0 Å². The van der Waals surface area contributed by atoms with E-state index in [4.69, 9.17) is 12.2 Å². The lowest BCUT2D eigenvalue weighted by molar-refractivity contribution is 0.422. The number of aryl methyl sites for hydroxylation is 1. The number of hydrogen-bond acceptors (Lipinski definition) is 2. The summed E-state index contributed by atoms with van der Waals surface area (Å²) in [5.41, 5.74) is 1.77. The number of hydrogen-bond donors (Lipinski definition) is 1. The highest BCUT2D eigenvalue weighted by atomic mass is 32.2. The molecule has 126 valence electrons. The van der Waals surface area contributed by atoms with Gasteiger partial charge >= 0.3 is 0 Å². The van der Waals surface area contributed by atoms with Crippen LogP contribution < -0.4 is 5.32 Å². The van der Waals surface area contributed by atoms with Gasteiger partial charge in [-0.1, -0.05) is 17.7 Å². The Morgan fingerprint density at radius 3 is 2.42 bits per heavy atom. The first-order valence-electron chi connectivity index (χ1n) is 7.36. The molecule has 0 spiro atoms. The monoisotopic (exact) mass is 368 g/mol. The molecule has 1 fully saturated rings. The molecule has 7 heteroatoms. The number of thioether (sulfide) groups is 1. The van der Waals surface area contributed by atoms with Crippen LogP contribution in [0.5, 0.6) is 0 Å². The molecule has 1 atom stereocenters. The van der Waals surface area contributed by atoms with Crippen molar-refractivity contribution in [3.8, 4) is 0 Å². The van der Waals surface area contributed by atoms with E-state index in [0.29, 0.717) is 29.5 Å². The van der Waals surface area contributed by atoms with Crippen LogP contribution in [0.3, 0.4) is 0 Å². The van der Waals surface area contributed by atoms with Gasteiger partial charge in [-0.15, -0.1) is 11.8 Å². The molecule has 1 aliphatic rings. The van der Waals surface area contributed by atoms with Gasteiger partial charge in [0.2, 0.25) is 0 Å².